The fourth-order valence-corrected chi connectivity index (χ4v) is 4.67. The molecule has 0 radical (unpaired) electrons. The molecule has 0 aromatic heterocycles. The fraction of sp³-hybridized carbons (Fsp3) is 0.625. The second-order valence-electron chi connectivity index (χ2n) is 5.76. The van der Waals surface area contributed by atoms with Crippen molar-refractivity contribution in [2.24, 2.45) is 5.73 Å². The Balaban J connectivity index is 2.20. The Morgan fingerprint density at radius 3 is 2.47 bits per heavy atom. The first-order valence-electron chi connectivity index (χ1n) is 7.33. The van der Waals surface area contributed by atoms with Crippen LogP contribution in [0.3, 0.4) is 0 Å². The van der Waals surface area contributed by atoms with Crippen LogP contribution in [-0.4, -0.2) is 15.5 Å². The Labute approximate surface area is 119 Å². The monoisotopic (exact) mass is 279 g/mol. The second-order valence-corrected chi connectivity index (χ2v) is 7.40. The van der Waals surface area contributed by atoms with Gasteiger partial charge in [-0.2, -0.15) is 0 Å². The van der Waals surface area contributed by atoms with E-state index in [-0.39, 0.29) is 11.3 Å². The lowest BCUT2D eigenvalue weighted by Crippen LogP contribution is -2.38. The zero-order valence-corrected chi connectivity index (χ0v) is 12.8. The van der Waals surface area contributed by atoms with Crippen molar-refractivity contribution in [1.82, 2.24) is 0 Å². The van der Waals surface area contributed by atoms with Crippen LogP contribution in [0, 0.1) is 13.8 Å². The highest BCUT2D eigenvalue weighted by atomic mass is 32.2. The fourth-order valence-electron chi connectivity index (χ4n) is 2.93. The maximum absolute atomic E-state index is 12.8. The number of rotatable bonds is 2. The molecule has 0 amide bonds. The average molecular weight is 279 g/mol. The van der Waals surface area contributed by atoms with E-state index in [1.54, 1.807) is 0 Å². The molecule has 1 aromatic rings. The number of aryl methyl sites for hydroxylation is 2. The number of nitrogens with two attached hydrogens (primary N) is 1. The molecule has 106 valence electrons. The van der Waals surface area contributed by atoms with Gasteiger partial charge in [0.1, 0.15) is 0 Å². The second kappa shape index (κ2) is 6.67. The molecule has 0 bridgehead atoms. The van der Waals surface area contributed by atoms with E-state index < -0.39 is 10.8 Å². The van der Waals surface area contributed by atoms with Crippen molar-refractivity contribution in [3.05, 3.63) is 29.3 Å². The van der Waals surface area contributed by atoms with Gasteiger partial charge < -0.3 is 5.73 Å². The number of hydrogen-bond donors (Lipinski definition) is 1. The molecule has 1 aliphatic rings. The maximum Gasteiger partial charge on any atom is 0.0579 e. The van der Waals surface area contributed by atoms with Crippen LogP contribution in [0.2, 0.25) is 0 Å². The zero-order valence-electron chi connectivity index (χ0n) is 12.0. The van der Waals surface area contributed by atoms with Gasteiger partial charge in [0.05, 0.1) is 16.0 Å². The molecule has 1 aromatic carbocycles. The molecule has 0 heterocycles. The highest BCUT2D eigenvalue weighted by Crippen LogP contribution is 2.26. The van der Waals surface area contributed by atoms with Gasteiger partial charge in [-0.25, -0.2) is 0 Å². The maximum atomic E-state index is 12.8. The van der Waals surface area contributed by atoms with Crippen molar-refractivity contribution in [1.29, 1.82) is 0 Å². The highest BCUT2D eigenvalue weighted by molar-refractivity contribution is 7.85. The normalized spacial score (nSPS) is 26.5. The largest absolute Gasteiger partial charge is 0.327 e. The first-order chi connectivity index (χ1) is 9.09. The first kappa shape index (κ1) is 14.7. The Morgan fingerprint density at radius 1 is 1.11 bits per heavy atom. The standard InChI is InChI=1S/C16H25NOS/c1-12-9-10-15(13(2)11-12)19(18)16-8-6-4-3-5-7-14(16)17/h9-11,14,16H,3-8,17H2,1-2H3. The van der Waals surface area contributed by atoms with Crippen LogP contribution in [0.25, 0.3) is 0 Å². The Bertz CT molecular complexity index is 458. The van der Waals surface area contributed by atoms with E-state index >= 15 is 0 Å². The summed E-state index contributed by atoms with van der Waals surface area (Å²) >= 11 is 0. The zero-order chi connectivity index (χ0) is 13.8. The van der Waals surface area contributed by atoms with Crippen molar-refractivity contribution in [2.75, 3.05) is 0 Å². The van der Waals surface area contributed by atoms with Gasteiger partial charge in [-0.1, -0.05) is 43.4 Å². The van der Waals surface area contributed by atoms with Gasteiger partial charge in [-0.15, -0.1) is 0 Å². The topological polar surface area (TPSA) is 43.1 Å². The summed E-state index contributed by atoms with van der Waals surface area (Å²) in [5.41, 5.74) is 8.63. The van der Waals surface area contributed by atoms with Gasteiger partial charge in [0.15, 0.2) is 0 Å². The van der Waals surface area contributed by atoms with E-state index in [9.17, 15) is 4.21 Å². The molecule has 3 atom stereocenters. The van der Waals surface area contributed by atoms with E-state index in [0.717, 1.165) is 29.7 Å². The van der Waals surface area contributed by atoms with Gasteiger partial charge in [0.25, 0.3) is 0 Å². The molecule has 2 rings (SSSR count). The van der Waals surface area contributed by atoms with Crippen molar-refractivity contribution in [3.8, 4) is 0 Å². The predicted molar refractivity (Wildman–Crippen MR) is 81.8 cm³/mol. The Hall–Kier alpha value is -0.670. The minimum Gasteiger partial charge on any atom is -0.327 e. The number of benzene rings is 1. The summed E-state index contributed by atoms with van der Waals surface area (Å²) in [6.45, 7) is 4.12. The van der Waals surface area contributed by atoms with Crippen LogP contribution in [0.15, 0.2) is 23.1 Å². The summed E-state index contributed by atoms with van der Waals surface area (Å²) in [5.74, 6) is 0. The quantitative estimate of drug-likeness (QED) is 0.901. The van der Waals surface area contributed by atoms with Crippen molar-refractivity contribution in [2.45, 2.75) is 68.6 Å². The van der Waals surface area contributed by atoms with E-state index in [1.807, 2.05) is 6.07 Å². The lowest BCUT2D eigenvalue weighted by atomic mass is 9.97. The SMILES string of the molecule is Cc1ccc(S(=O)C2CCCCCCC2N)c(C)c1. The summed E-state index contributed by atoms with van der Waals surface area (Å²) in [6, 6.07) is 6.27. The van der Waals surface area contributed by atoms with Gasteiger partial charge in [-0.05, 0) is 38.3 Å². The molecule has 0 aliphatic heterocycles. The van der Waals surface area contributed by atoms with Crippen LogP contribution in [0.5, 0.6) is 0 Å². The molecule has 19 heavy (non-hydrogen) atoms. The molecule has 0 saturated heterocycles. The summed E-state index contributed by atoms with van der Waals surface area (Å²) in [6.07, 6.45) is 6.89. The Kier molecular flexibility index (Phi) is 5.17. The summed E-state index contributed by atoms with van der Waals surface area (Å²) in [4.78, 5) is 0.978. The molecule has 1 fully saturated rings. The highest BCUT2D eigenvalue weighted by Gasteiger charge is 2.26. The molecular weight excluding hydrogens is 254 g/mol. The van der Waals surface area contributed by atoms with E-state index in [0.29, 0.717) is 0 Å². The molecule has 0 spiro atoms. The van der Waals surface area contributed by atoms with E-state index in [1.165, 1.54) is 24.8 Å². The lowest BCUT2D eigenvalue weighted by Gasteiger charge is -2.26. The smallest absolute Gasteiger partial charge is 0.0579 e. The van der Waals surface area contributed by atoms with Crippen LogP contribution in [-0.2, 0) is 10.8 Å². The molecule has 1 aliphatic carbocycles. The third-order valence-corrected chi connectivity index (χ3v) is 6.10. The third-order valence-electron chi connectivity index (χ3n) is 4.08. The van der Waals surface area contributed by atoms with E-state index in [4.69, 9.17) is 5.73 Å². The van der Waals surface area contributed by atoms with Crippen molar-refractivity contribution >= 4 is 10.8 Å². The van der Waals surface area contributed by atoms with Crippen LogP contribution >= 0.6 is 0 Å². The van der Waals surface area contributed by atoms with Gasteiger partial charge in [-0.3, -0.25) is 4.21 Å². The average Bonchev–Trinajstić information content (AvgIpc) is 2.33. The molecule has 3 unspecified atom stereocenters. The molecular formula is C16H25NOS. The Morgan fingerprint density at radius 2 is 1.79 bits per heavy atom. The van der Waals surface area contributed by atoms with Crippen molar-refractivity contribution in [3.63, 3.8) is 0 Å². The van der Waals surface area contributed by atoms with Gasteiger partial charge >= 0.3 is 0 Å². The lowest BCUT2D eigenvalue weighted by molar-refractivity contribution is 0.456. The van der Waals surface area contributed by atoms with Crippen LogP contribution in [0.1, 0.15) is 49.7 Å². The summed E-state index contributed by atoms with van der Waals surface area (Å²) < 4.78 is 12.8. The van der Waals surface area contributed by atoms with Gasteiger partial charge in [0.2, 0.25) is 0 Å². The summed E-state index contributed by atoms with van der Waals surface area (Å²) in [7, 11) is -0.964. The first-order valence-corrected chi connectivity index (χ1v) is 8.54. The van der Waals surface area contributed by atoms with Crippen molar-refractivity contribution < 1.29 is 4.21 Å². The summed E-state index contributed by atoms with van der Waals surface area (Å²) in [5, 5.41) is 0.127. The van der Waals surface area contributed by atoms with Gasteiger partial charge in [0, 0.05) is 10.9 Å². The predicted octanol–water partition coefficient (Wildman–Crippen LogP) is 3.46. The minimum atomic E-state index is -0.964. The number of hydrogen-bond acceptors (Lipinski definition) is 2. The van der Waals surface area contributed by atoms with E-state index in [2.05, 4.69) is 26.0 Å². The molecule has 2 nitrogen and oxygen atoms in total. The third kappa shape index (κ3) is 3.67. The molecule has 3 heteroatoms. The minimum absolute atomic E-state index is 0.0850. The van der Waals surface area contributed by atoms with Crippen LogP contribution in [0.4, 0.5) is 0 Å². The molecule has 1 saturated carbocycles. The molecule has 2 N–H and O–H groups in total. The van der Waals surface area contributed by atoms with Crippen LogP contribution < -0.4 is 5.73 Å².